The molecule has 0 amide bonds. The summed E-state index contributed by atoms with van der Waals surface area (Å²) >= 11 is 0. The van der Waals surface area contributed by atoms with Crippen molar-refractivity contribution in [1.29, 1.82) is 0 Å². The minimum absolute atomic E-state index is 0.334. The Morgan fingerprint density at radius 1 is 1.28 bits per heavy atom. The lowest BCUT2D eigenvalue weighted by Crippen LogP contribution is -2.21. The van der Waals surface area contributed by atoms with Gasteiger partial charge in [-0.3, -0.25) is 0 Å². The first-order chi connectivity index (χ1) is 8.52. The van der Waals surface area contributed by atoms with Crippen LogP contribution in [0, 0.1) is 0 Å². The third-order valence-electron chi connectivity index (χ3n) is 3.21. The Morgan fingerprint density at radius 3 is 2.61 bits per heavy atom. The maximum atomic E-state index is 13.1. The summed E-state index contributed by atoms with van der Waals surface area (Å²) in [5, 5.41) is 3.11. The van der Waals surface area contributed by atoms with Gasteiger partial charge in [-0.15, -0.1) is 0 Å². The van der Waals surface area contributed by atoms with Gasteiger partial charge in [0.05, 0.1) is 5.56 Å². The van der Waals surface area contributed by atoms with Gasteiger partial charge in [-0.05, 0) is 42.2 Å². The molecule has 1 heterocycles. The van der Waals surface area contributed by atoms with Gasteiger partial charge in [-0.25, -0.2) is 0 Å². The maximum Gasteiger partial charge on any atom is 0.417 e. The summed E-state index contributed by atoms with van der Waals surface area (Å²) in [5.41, 5.74) is 1.35. The molecule has 98 valence electrons. The molecule has 1 aromatic carbocycles. The summed E-state index contributed by atoms with van der Waals surface area (Å²) in [6, 6.07) is 4.67. The molecule has 0 saturated heterocycles. The fourth-order valence-electron chi connectivity index (χ4n) is 2.19. The average Bonchev–Trinajstić information content (AvgIpc) is 2.38. The summed E-state index contributed by atoms with van der Waals surface area (Å²) < 4.78 is 39.2. The highest BCUT2D eigenvalue weighted by Gasteiger charge is 2.34. The molecular formula is C14H16F3N. The second-order valence-corrected chi connectivity index (χ2v) is 4.41. The fraction of sp³-hybridized carbons (Fsp3) is 0.429. The molecule has 0 spiro atoms. The van der Waals surface area contributed by atoms with Crippen LogP contribution >= 0.6 is 0 Å². The number of rotatable bonds is 2. The van der Waals surface area contributed by atoms with Crippen molar-refractivity contribution in [2.24, 2.45) is 0 Å². The molecule has 0 aromatic heterocycles. The second kappa shape index (κ2) is 5.14. The monoisotopic (exact) mass is 255 g/mol. The zero-order valence-electron chi connectivity index (χ0n) is 10.3. The Labute approximate surface area is 105 Å². The Kier molecular flexibility index (Phi) is 3.76. The number of alkyl halides is 3. The van der Waals surface area contributed by atoms with Crippen LogP contribution in [0.5, 0.6) is 0 Å². The van der Waals surface area contributed by atoms with E-state index in [9.17, 15) is 13.2 Å². The molecule has 0 radical (unpaired) electrons. The van der Waals surface area contributed by atoms with Crippen LogP contribution in [0.25, 0.3) is 5.57 Å². The van der Waals surface area contributed by atoms with Gasteiger partial charge < -0.3 is 5.32 Å². The van der Waals surface area contributed by atoms with Gasteiger partial charge in [0.2, 0.25) is 0 Å². The highest BCUT2D eigenvalue weighted by Crippen LogP contribution is 2.36. The zero-order chi connectivity index (χ0) is 13.2. The minimum Gasteiger partial charge on any atom is -0.313 e. The number of hydrogen-bond acceptors (Lipinski definition) is 1. The third kappa shape index (κ3) is 2.75. The molecule has 18 heavy (non-hydrogen) atoms. The van der Waals surface area contributed by atoms with Crippen molar-refractivity contribution >= 4 is 5.57 Å². The number of halogens is 3. The Balaban J connectivity index is 2.49. The fourth-order valence-corrected chi connectivity index (χ4v) is 2.19. The van der Waals surface area contributed by atoms with Gasteiger partial charge in [0.15, 0.2) is 0 Å². The Morgan fingerprint density at radius 2 is 2.06 bits per heavy atom. The lowest BCUT2D eigenvalue weighted by atomic mass is 9.93. The van der Waals surface area contributed by atoms with Crippen molar-refractivity contribution in [2.45, 2.75) is 25.9 Å². The highest BCUT2D eigenvalue weighted by molar-refractivity contribution is 5.70. The van der Waals surface area contributed by atoms with Gasteiger partial charge in [-0.1, -0.05) is 25.1 Å². The lowest BCUT2D eigenvalue weighted by molar-refractivity contribution is -0.137. The molecular weight excluding hydrogens is 239 g/mol. The van der Waals surface area contributed by atoms with Crippen molar-refractivity contribution in [3.05, 3.63) is 41.0 Å². The van der Waals surface area contributed by atoms with E-state index in [0.29, 0.717) is 24.9 Å². The van der Waals surface area contributed by atoms with E-state index in [1.807, 2.05) is 13.0 Å². The first-order valence-electron chi connectivity index (χ1n) is 6.12. The number of hydrogen-bond donors (Lipinski definition) is 1. The average molecular weight is 255 g/mol. The van der Waals surface area contributed by atoms with E-state index in [1.165, 1.54) is 6.07 Å². The molecule has 0 fully saturated rings. The normalized spacial score (nSPS) is 16.6. The highest BCUT2D eigenvalue weighted by atomic mass is 19.4. The van der Waals surface area contributed by atoms with E-state index in [4.69, 9.17) is 0 Å². The summed E-state index contributed by atoms with van der Waals surface area (Å²) in [4.78, 5) is 0. The van der Waals surface area contributed by atoms with E-state index in [0.717, 1.165) is 17.7 Å². The standard InChI is InChI=1S/C14H16F3N/c1-2-10-3-4-12(11-5-7-18-8-6-11)13(9-10)14(15,16)17/h3-5,9,18H,2,6-8H2,1H3. The predicted octanol–water partition coefficient (Wildman–Crippen LogP) is 3.64. The molecule has 1 N–H and O–H groups in total. The first kappa shape index (κ1) is 13.1. The zero-order valence-corrected chi connectivity index (χ0v) is 10.3. The molecule has 1 aliphatic heterocycles. The summed E-state index contributed by atoms with van der Waals surface area (Å²) in [7, 11) is 0. The van der Waals surface area contributed by atoms with Crippen molar-refractivity contribution in [1.82, 2.24) is 5.32 Å². The van der Waals surface area contributed by atoms with E-state index in [1.54, 1.807) is 12.1 Å². The predicted molar refractivity (Wildman–Crippen MR) is 66.3 cm³/mol. The van der Waals surface area contributed by atoms with Crippen LogP contribution < -0.4 is 5.32 Å². The summed E-state index contributed by atoms with van der Waals surface area (Å²) in [5.74, 6) is 0. The third-order valence-corrected chi connectivity index (χ3v) is 3.21. The number of benzene rings is 1. The topological polar surface area (TPSA) is 12.0 Å². The lowest BCUT2D eigenvalue weighted by Gasteiger charge is -2.19. The molecule has 0 atom stereocenters. The Hall–Kier alpha value is -1.29. The molecule has 0 saturated carbocycles. The van der Waals surface area contributed by atoms with Crippen LogP contribution in [-0.2, 0) is 12.6 Å². The molecule has 0 unspecified atom stereocenters. The maximum absolute atomic E-state index is 13.1. The van der Waals surface area contributed by atoms with Gasteiger partial charge in [0.25, 0.3) is 0 Å². The van der Waals surface area contributed by atoms with Crippen LogP contribution in [0.15, 0.2) is 24.3 Å². The van der Waals surface area contributed by atoms with Gasteiger partial charge in [-0.2, -0.15) is 13.2 Å². The second-order valence-electron chi connectivity index (χ2n) is 4.41. The van der Waals surface area contributed by atoms with Crippen molar-refractivity contribution in [2.75, 3.05) is 13.1 Å². The SMILES string of the molecule is CCc1ccc(C2=CCNCC2)c(C(F)(F)F)c1. The molecule has 1 aromatic rings. The smallest absolute Gasteiger partial charge is 0.313 e. The summed E-state index contributed by atoms with van der Waals surface area (Å²) in [6.07, 6.45) is -1.18. The molecule has 0 bridgehead atoms. The number of nitrogens with one attached hydrogen (secondary N) is 1. The van der Waals surface area contributed by atoms with Crippen LogP contribution in [0.4, 0.5) is 13.2 Å². The largest absolute Gasteiger partial charge is 0.417 e. The van der Waals surface area contributed by atoms with E-state index < -0.39 is 11.7 Å². The van der Waals surface area contributed by atoms with Crippen LogP contribution in [-0.4, -0.2) is 13.1 Å². The molecule has 1 nitrogen and oxygen atoms in total. The van der Waals surface area contributed by atoms with Gasteiger partial charge >= 0.3 is 6.18 Å². The van der Waals surface area contributed by atoms with E-state index in [2.05, 4.69) is 5.32 Å². The van der Waals surface area contributed by atoms with Crippen LogP contribution in [0.2, 0.25) is 0 Å². The van der Waals surface area contributed by atoms with E-state index >= 15 is 0 Å². The van der Waals surface area contributed by atoms with Gasteiger partial charge in [0.1, 0.15) is 0 Å². The molecule has 1 aliphatic rings. The Bertz CT molecular complexity index is 461. The van der Waals surface area contributed by atoms with Crippen LogP contribution in [0.1, 0.15) is 30.0 Å². The number of aryl methyl sites for hydroxylation is 1. The van der Waals surface area contributed by atoms with Crippen LogP contribution in [0.3, 0.4) is 0 Å². The molecule has 2 rings (SSSR count). The van der Waals surface area contributed by atoms with Crippen molar-refractivity contribution in [3.8, 4) is 0 Å². The van der Waals surface area contributed by atoms with Crippen molar-refractivity contribution < 1.29 is 13.2 Å². The van der Waals surface area contributed by atoms with Gasteiger partial charge in [0, 0.05) is 6.54 Å². The minimum atomic E-state index is -4.29. The quantitative estimate of drug-likeness (QED) is 0.850. The molecule has 4 heteroatoms. The first-order valence-corrected chi connectivity index (χ1v) is 6.12. The molecule has 0 aliphatic carbocycles. The summed E-state index contributed by atoms with van der Waals surface area (Å²) in [6.45, 7) is 3.24. The van der Waals surface area contributed by atoms with E-state index in [-0.39, 0.29) is 0 Å². The van der Waals surface area contributed by atoms with Crippen molar-refractivity contribution in [3.63, 3.8) is 0 Å².